The standard InChI is InChI=1S/C15H22N2O3/c1-16-7-6-11(9-16)10-17(2)15(19)13-5-4-12(20-3)8-14(13)18/h4-5,8,11,18H,6-7,9-10H2,1-3H3. The van der Waals surface area contributed by atoms with Crippen LogP contribution in [-0.4, -0.2) is 61.7 Å². The lowest BCUT2D eigenvalue weighted by molar-refractivity contribution is 0.0771. The second-order valence-corrected chi connectivity index (χ2v) is 5.49. The van der Waals surface area contributed by atoms with Crippen molar-refractivity contribution in [1.29, 1.82) is 0 Å². The van der Waals surface area contributed by atoms with Crippen LogP contribution in [0.25, 0.3) is 0 Å². The molecule has 20 heavy (non-hydrogen) atoms. The van der Waals surface area contributed by atoms with Crippen molar-refractivity contribution in [2.45, 2.75) is 6.42 Å². The Bertz CT molecular complexity index is 490. The molecule has 1 N–H and O–H groups in total. The number of benzene rings is 1. The fourth-order valence-corrected chi connectivity index (χ4v) is 2.67. The number of hydrogen-bond donors (Lipinski definition) is 1. The SMILES string of the molecule is COc1ccc(C(=O)N(C)CC2CCN(C)C2)c(O)c1. The molecule has 1 aromatic carbocycles. The minimum absolute atomic E-state index is 0.0373. The van der Waals surface area contributed by atoms with Gasteiger partial charge in [0.15, 0.2) is 0 Å². The summed E-state index contributed by atoms with van der Waals surface area (Å²) >= 11 is 0. The third-order valence-electron chi connectivity index (χ3n) is 3.80. The number of phenolic OH excluding ortho intramolecular Hbond substituents is 1. The highest BCUT2D eigenvalue weighted by atomic mass is 16.5. The minimum atomic E-state index is -0.153. The highest BCUT2D eigenvalue weighted by molar-refractivity contribution is 5.96. The first kappa shape index (κ1) is 14.7. The number of carbonyl (C=O) groups excluding carboxylic acids is 1. The van der Waals surface area contributed by atoms with E-state index in [-0.39, 0.29) is 11.7 Å². The van der Waals surface area contributed by atoms with Crippen molar-refractivity contribution < 1.29 is 14.6 Å². The second-order valence-electron chi connectivity index (χ2n) is 5.49. The molecular weight excluding hydrogens is 256 g/mol. The van der Waals surface area contributed by atoms with Gasteiger partial charge in [-0.2, -0.15) is 0 Å². The van der Waals surface area contributed by atoms with Crippen molar-refractivity contribution in [2.24, 2.45) is 5.92 Å². The molecule has 1 unspecified atom stereocenters. The molecule has 1 atom stereocenters. The van der Waals surface area contributed by atoms with E-state index in [1.165, 1.54) is 13.2 Å². The van der Waals surface area contributed by atoms with Gasteiger partial charge in [-0.25, -0.2) is 0 Å². The summed E-state index contributed by atoms with van der Waals surface area (Å²) in [5.41, 5.74) is 0.319. The zero-order valence-electron chi connectivity index (χ0n) is 12.3. The topological polar surface area (TPSA) is 53.0 Å². The molecule has 1 heterocycles. The van der Waals surface area contributed by atoms with Crippen molar-refractivity contribution in [3.05, 3.63) is 23.8 Å². The van der Waals surface area contributed by atoms with Gasteiger partial charge in [-0.3, -0.25) is 4.79 Å². The molecule has 1 aliphatic rings. The van der Waals surface area contributed by atoms with Gasteiger partial charge in [0, 0.05) is 26.2 Å². The Labute approximate surface area is 119 Å². The van der Waals surface area contributed by atoms with Crippen LogP contribution in [0.2, 0.25) is 0 Å². The number of hydrogen-bond acceptors (Lipinski definition) is 4. The van der Waals surface area contributed by atoms with E-state index in [4.69, 9.17) is 4.74 Å². The lowest BCUT2D eigenvalue weighted by Gasteiger charge is -2.21. The molecule has 1 aliphatic heterocycles. The van der Waals surface area contributed by atoms with Crippen molar-refractivity contribution >= 4 is 5.91 Å². The molecule has 5 nitrogen and oxygen atoms in total. The van der Waals surface area contributed by atoms with Gasteiger partial charge in [-0.1, -0.05) is 0 Å². The fourth-order valence-electron chi connectivity index (χ4n) is 2.67. The maximum atomic E-state index is 12.3. The number of phenols is 1. The normalized spacial score (nSPS) is 19.1. The molecule has 0 aliphatic carbocycles. The largest absolute Gasteiger partial charge is 0.507 e. The Morgan fingerprint density at radius 2 is 2.30 bits per heavy atom. The molecule has 1 aromatic rings. The Kier molecular flexibility index (Phi) is 4.49. The van der Waals surface area contributed by atoms with Crippen molar-refractivity contribution in [1.82, 2.24) is 9.80 Å². The summed E-state index contributed by atoms with van der Waals surface area (Å²) in [6.45, 7) is 2.82. The maximum Gasteiger partial charge on any atom is 0.257 e. The Balaban J connectivity index is 2.03. The number of aromatic hydroxyl groups is 1. The van der Waals surface area contributed by atoms with Crippen LogP contribution < -0.4 is 4.74 Å². The van der Waals surface area contributed by atoms with Gasteiger partial charge in [0.1, 0.15) is 11.5 Å². The first-order valence-electron chi connectivity index (χ1n) is 6.82. The lowest BCUT2D eigenvalue weighted by Crippen LogP contribution is -2.32. The molecule has 2 rings (SSSR count). The summed E-state index contributed by atoms with van der Waals surface area (Å²) in [6.07, 6.45) is 1.11. The van der Waals surface area contributed by atoms with E-state index in [0.717, 1.165) is 19.5 Å². The predicted octanol–water partition coefficient (Wildman–Crippen LogP) is 1.42. The quantitative estimate of drug-likeness (QED) is 0.905. The molecule has 0 spiro atoms. The van der Waals surface area contributed by atoms with E-state index in [2.05, 4.69) is 11.9 Å². The van der Waals surface area contributed by atoms with Crippen LogP contribution in [-0.2, 0) is 0 Å². The van der Waals surface area contributed by atoms with Crippen LogP contribution in [0.15, 0.2) is 18.2 Å². The Morgan fingerprint density at radius 3 is 2.85 bits per heavy atom. The first-order chi connectivity index (χ1) is 9.51. The summed E-state index contributed by atoms with van der Waals surface area (Å²) in [5, 5.41) is 9.91. The van der Waals surface area contributed by atoms with Crippen LogP contribution in [0.5, 0.6) is 11.5 Å². The van der Waals surface area contributed by atoms with E-state index < -0.39 is 0 Å². The van der Waals surface area contributed by atoms with Gasteiger partial charge in [-0.05, 0) is 38.1 Å². The number of likely N-dealkylation sites (tertiary alicyclic amines) is 1. The van der Waals surface area contributed by atoms with Crippen LogP contribution in [0.1, 0.15) is 16.8 Å². The molecular formula is C15H22N2O3. The third kappa shape index (κ3) is 3.22. The number of ether oxygens (including phenoxy) is 1. The van der Waals surface area contributed by atoms with Crippen molar-refractivity contribution in [2.75, 3.05) is 40.8 Å². The van der Waals surface area contributed by atoms with Crippen LogP contribution >= 0.6 is 0 Å². The number of amides is 1. The second kappa shape index (κ2) is 6.13. The monoisotopic (exact) mass is 278 g/mol. The maximum absolute atomic E-state index is 12.3. The molecule has 1 amide bonds. The van der Waals surface area contributed by atoms with Crippen molar-refractivity contribution in [3.63, 3.8) is 0 Å². The fraction of sp³-hybridized carbons (Fsp3) is 0.533. The van der Waals surface area contributed by atoms with Crippen molar-refractivity contribution in [3.8, 4) is 11.5 Å². The average Bonchev–Trinajstić information content (AvgIpc) is 2.83. The Morgan fingerprint density at radius 1 is 1.55 bits per heavy atom. The van der Waals surface area contributed by atoms with Crippen LogP contribution in [0.3, 0.4) is 0 Å². The summed E-state index contributed by atoms with van der Waals surface area (Å²) in [4.78, 5) is 16.3. The van der Waals surface area contributed by atoms with Gasteiger partial charge in [-0.15, -0.1) is 0 Å². The van der Waals surface area contributed by atoms with Crippen LogP contribution in [0.4, 0.5) is 0 Å². The number of nitrogens with zero attached hydrogens (tertiary/aromatic N) is 2. The van der Waals surface area contributed by atoms with E-state index >= 15 is 0 Å². The van der Waals surface area contributed by atoms with Gasteiger partial charge >= 0.3 is 0 Å². The molecule has 110 valence electrons. The predicted molar refractivity (Wildman–Crippen MR) is 77.2 cm³/mol. The molecule has 0 bridgehead atoms. The lowest BCUT2D eigenvalue weighted by atomic mass is 10.1. The molecule has 1 fully saturated rings. The summed E-state index contributed by atoms with van der Waals surface area (Å²) in [7, 11) is 5.40. The highest BCUT2D eigenvalue weighted by Gasteiger charge is 2.24. The highest BCUT2D eigenvalue weighted by Crippen LogP contribution is 2.25. The van der Waals surface area contributed by atoms with Gasteiger partial charge in [0.25, 0.3) is 5.91 Å². The Hall–Kier alpha value is -1.75. The summed E-state index contributed by atoms with van der Waals surface area (Å²) < 4.78 is 5.02. The van der Waals surface area contributed by atoms with E-state index in [1.807, 2.05) is 0 Å². The molecule has 0 aromatic heterocycles. The third-order valence-corrected chi connectivity index (χ3v) is 3.80. The zero-order valence-corrected chi connectivity index (χ0v) is 12.3. The van der Waals surface area contributed by atoms with Crippen LogP contribution in [0, 0.1) is 5.92 Å². The van der Waals surface area contributed by atoms with E-state index in [0.29, 0.717) is 23.8 Å². The average molecular weight is 278 g/mol. The summed E-state index contributed by atoms with van der Waals surface area (Å²) in [6, 6.07) is 4.75. The van der Waals surface area contributed by atoms with E-state index in [9.17, 15) is 9.90 Å². The summed E-state index contributed by atoms with van der Waals surface area (Å²) in [5.74, 6) is 0.859. The zero-order chi connectivity index (χ0) is 14.7. The molecule has 0 radical (unpaired) electrons. The first-order valence-corrected chi connectivity index (χ1v) is 6.82. The molecule has 5 heteroatoms. The van der Waals surface area contributed by atoms with Gasteiger partial charge in [0.2, 0.25) is 0 Å². The molecule has 0 saturated carbocycles. The number of methoxy groups -OCH3 is 1. The molecule has 1 saturated heterocycles. The number of rotatable bonds is 4. The van der Waals surface area contributed by atoms with E-state index in [1.54, 1.807) is 24.1 Å². The van der Waals surface area contributed by atoms with Gasteiger partial charge in [0.05, 0.1) is 12.7 Å². The minimum Gasteiger partial charge on any atom is -0.507 e. The number of carbonyl (C=O) groups is 1. The smallest absolute Gasteiger partial charge is 0.257 e. The van der Waals surface area contributed by atoms with Gasteiger partial charge < -0.3 is 19.6 Å².